The van der Waals surface area contributed by atoms with E-state index in [2.05, 4.69) is 15.0 Å². The second kappa shape index (κ2) is 4.82. The standard InChI is InChI=1S/C15H8F2N4O3/c1-21-12-11(13(22)20-15(21)23)18-9-5-10(24-14(9)19-12)7-3-2-6(16)4-8(7)17/h2-5H,1H3,(H,20,22,23). The molecular weight excluding hydrogens is 322 g/mol. The number of hydrogen-bond donors (Lipinski definition) is 1. The van der Waals surface area contributed by atoms with Crippen LogP contribution in [0.25, 0.3) is 33.7 Å². The number of benzene rings is 1. The minimum absolute atomic E-state index is 0.0295. The zero-order chi connectivity index (χ0) is 17.0. The molecule has 0 amide bonds. The van der Waals surface area contributed by atoms with Gasteiger partial charge in [0.05, 0.1) is 5.56 Å². The number of aromatic nitrogens is 4. The summed E-state index contributed by atoms with van der Waals surface area (Å²) in [5.74, 6) is -1.43. The van der Waals surface area contributed by atoms with Crippen molar-refractivity contribution in [2.45, 2.75) is 0 Å². The molecule has 0 saturated carbocycles. The van der Waals surface area contributed by atoms with Crippen LogP contribution in [-0.2, 0) is 7.05 Å². The van der Waals surface area contributed by atoms with Crippen molar-refractivity contribution in [3.05, 3.63) is 56.7 Å². The van der Waals surface area contributed by atoms with Crippen molar-refractivity contribution < 1.29 is 13.2 Å². The number of nitrogens with zero attached hydrogens (tertiary/aromatic N) is 3. The van der Waals surface area contributed by atoms with E-state index in [-0.39, 0.29) is 33.7 Å². The fourth-order valence-electron chi connectivity index (χ4n) is 2.40. The Kier molecular flexibility index (Phi) is 2.86. The van der Waals surface area contributed by atoms with Crippen LogP contribution in [0.3, 0.4) is 0 Å². The van der Waals surface area contributed by atoms with Gasteiger partial charge in [0.1, 0.15) is 22.9 Å². The molecule has 120 valence electrons. The molecule has 0 saturated heterocycles. The molecule has 7 nitrogen and oxygen atoms in total. The Balaban J connectivity index is 2.03. The summed E-state index contributed by atoms with van der Waals surface area (Å²) in [5.41, 5.74) is -1.06. The van der Waals surface area contributed by atoms with E-state index in [9.17, 15) is 18.4 Å². The monoisotopic (exact) mass is 330 g/mol. The van der Waals surface area contributed by atoms with Crippen molar-refractivity contribution in [2.24, 2.45) is 7.05 Å². The molecule has 0 spiro atoms. The van der Waals surface area contributed by atoms with Crippen LogP contribution < -0.4 is 11.2 Å². The van der Waals surface area contributed by atoms with Crippen molar-refractivity contribution in [2.75, 3.05) is 0 Å². The van der Waals surface area contributed by atoms with Gasteiger partial charge in [0, 0.05) is 19.2 Å². The highest BCUT2D eigenvalue weighted by Crippen LogP contribution is 2.28. The van der Waals surface area contributed by atoms with Crippen molar-refractivity contribution >= 4 is 22.4 Å². The van der Waals surface area contributed by atoms with Gasteiger partial charge in [-0.15, -0.1) is 0 Å². The third-order valence-electron chi connectivity index (χ3n) is 3.60. The van der Waals surface area contributed by atoms with Gasteiger partial charge in [0.2, 0.25) is 5.71 Å². The number of H-pyrrole nitrogens is 1. The van der Waals surface area contributed by atoms with E-state index in [0.717, 1.165) is 16.7 Å². The summed E-state index contributed by atoms with van der Waals surface area (Å²) in [6, 6.07) is 4.44. The molecule has 24 heavy (non-hydrogen) atoms. The smallest absolute Gasteiger partial charge is 0.329 e. The maximum atomic E-state index is 13.9. The Labute approximate surface area is 131 Å². The molecule has 0 aliphatic rings. The van der Waals surface area contributed by atoms with E-state index in [0.29, 0.717) is 0 Å². The first-order valence-electron chi connectivity index (χ1n) is 6.80. The van der Waals surface area contributed by atoms with Gasteiger partial charge in [0.25, 0.3) is 5.56 Å². The molecule has 3 heterocycles. The average molecular weight is 330 g/mol. The number of rotatable bonds is 1. The minimum Gasteiger partial charge on any atom is -0.436 e. The molecule has 0 aliphatic carbocycles. The van der Waals surface area contributed by atoms with Crippen LogP contribution in [0.1, 0.15) is 0 Å². The Morgan fingerprint density at radius 3 is 2.71 bits per heavy atom. The van der Waals surface area contributed by atoms with Crippen LogP contribution in [0.15, 0.2) is 38.3 Å². The number of aromatic amines is 1. The number of hydrogen-bond acceptors (Lipinski definition) is 5. The average Bonchev–Trinajstić information content (AvgIpc) is 2.94. The van der Waals surface area contributed by atoms with Crippen molar-refractivity contribution in [1.29, 1.82) is 0 Å². The van der Waals surface area contributed by atoms with Gasteiger partial charge < -0.3 is 4.42 Å². The second-order valence-corrected chi connectivity index (χ2v) is 5.14. The molecule has 9 heteroatoms. The highest BCUT2D eigenvalue weighted by atomic mass is 19.1. The summed E-state index contributed by atoms with van der Waals surface area (Å²) in [4.78, 5) is 33.8. The van der Waals surface area contributed by atoms with Crippen molar-refractivity contribution in [3.8, 4) is 11.3 Å². The zero-order valence-electron chi connectivity index (χ0n) is 12.1. The lowest BCUT2D eigenvalue weighted by molar-refractivity contribution is 0.573. The Morgan fingerprint density at radius 2 is 1.96 bits per heavy atom. The van der Waals surface area contributed by atoms with Crippen LogP contribution in [0.5, 0.6) is 0 Å². The molecule has 3 aromatic heterocycles. The predicted octanol–water partition coefficient (Wildman–Crippen LogP) is 1.71. The van der Waals surface area contributed by atoms with Crippen LogP contribution in [0.4, 0.5) is 8.78 Å². The number of fused-ring (bicyclic) bond motifs is 2. The first kappa shape index (κ1) is 14.2. The normalized spacial score (nSPS) is 11.5. The lowest BCUT2D eigenvalue weighted by Crippen LogP contribution is -2.29. The van der Waals surface area contributed by atoms with Gasteiger partial charge in [0.15, 0.2) is 11.2 Å². The summed E-state index contributed by atoms with van der Waals surface area (Å²) < 4.78 is 33.5. The fourth-order valence-corrected chi connectivity index (χ4v) is 2.40. The first-order chi connectivity index (χ1) is 11.4. The molecule has 1 N–H and O–H groups in total. The van der Waals surface area contributed by atoms with Gasteiger partial charge in [-0.3, -0.25) is 14.3 Å². The van der Waals surface area contributed by atoms with E-state index in [4.69, 9.17) is 4.42 Å². The van der Waals surface area contributed by atoms with Crippen LogP contribution in [0.2, 0.25) is 0 Å². The number of aryl methyl sites for hydroxylation is 1. The van der Waals surface area contributed by atoms with Crippen molar-refractivity contribution in [1.82, 2.24) is 19.5 Å². The Morgan fingerprint density at radius 1 is 1.17 bits per heavy atom. The SMILES string of the molecule is Cn1c(=O)[nH]c(=O)c2nc3cc(-c4ccc(F)cc4F)oc3nc21. The molecule has 0 radical (unpaired) electrons. The molecule has 1 aromatic carbocycles. The molecule has 4 aromatic rings. The van der Waals surface area contributed by atoms with Crippen LogP contribution in [-0.4, -0.2) is 19.5 Å². The van der Waals surface area contributed by atoms with Gasteiger partial charge in [-0.05, 0) is 12.1 Å². The summed E-state index contributed by atoms with van der Waals surface area (Å²) in [6.45, 7) is 0. The largest absolute Gasteiger partial charge is 0.436 e. The van der Waals surface area contributed by atoms with Crippen LogP contribution in [0, 0.1) is 11.6 Å². The summed E-state index contributed by atoms with van der Waals surface area (Å²) in [5, 5.41) is 0. The predicted molar refractivity (Wildman–Crippen MR) is 80.5 cm³/mol. The van der Waals surface area contributed by atoms with Gasteiger partial charge in [-0.1, -0.05) is 0 Å². The highest BCUT2D eigenvalue weighted by molar-refractivity contribution is 5.84. The fraction of sp³-hybridized carbons (Fsp3) is 0.0667. The maximum Gasteiger partial charge on any atom is 0.329 e. The quantitative estimate of drug-likeness (QED) is 0.573. The van der Waals surface area contributed by atoms with E-state index < -0.39 is 22.9 Å². The molecule has 0 bridgehead atoms. The lowest BCUT2D eigenvalue weighted by Gasteiger charge is -2.00. The van der Waals surface area contributed by atoms with E-state index in [1.54, 1.807) is 0 Å². The Hall–Kier alpha value is -3.36. The molecular formula is C15H8F2N4O3. The number of halogens is 2. The third-order valence-corrected chi connectivity index (χ3v) is 3.60. The van der Waals surface area contributed by atoms with Crippen molar-refractivity contribution in [3.63, 3.8) is 0 Å². The molecule has 0 atom stereocenters. The molecule has 0 fully saturated rings. The summed E-state index contributed by atoms with van der Waals surface area (Å²) in [7, 11) is 1.42. The molecule has 0 unspecified atom stereocenters. The van der Waals surface area contributed by atoms with E-state index >= 15 is 0 Å². The molecule has 0 aliphatic heterocycles. The Bertz CT molecular complexity index is 1240. The second-order valence-electron chi connectivity index (χ2n) is 5.14. The van der Waals surface area contributed by atoms with Gasteiger partial charge >= 0.3 is 5.69 Å². The van der Waals surface area contributed by atoms with Crippen LogP contribution >= 0.6 is 0 Å². The van der Waals surface area contributed by atoms with E-state index in [1.165, 1.54) is 19.2 Å². The zero-order valence-corrected chi connectivity index (χ0v) is 12.1. The highest BCUT2D eigenvalue weighted by Gasteiger charge is 2.16. The lowest BCUT2D eigenvalue weighted by atomic mass is 10.1. The molecule has 4 rings (SSSR count). The third kappa shape index (κ3) is 2.02. The minimum atomic E-state index is -0.802. The van der Waals surface area contributed by atoms with E-state index in [1.807, 2.05) is 0 Å². The topological polar surface area (TPSA) is 93.8 Å². The maximum absolute atomic E-state index is 13.9. The first-order valence-corrected chi connectivity index (χ1v) is 6.80. The summed E-state index contributed by atoms with van der Waals surface area (Å²) >= 11 is 0. The van der Waals surface area contributed by atoms with Gasteiger partial charge in [-0.2, -0.15) is 4.98 Å². The number of nitrogens with one attached hydrogen (secondary N) is 1. The number of furan rings is 1. The van der Waals surface area contributed by atoms with Gasteiger partial charge in [-0.25, -0.2) is 18.6 Å². The summed E-state index contributed by atoms with van der Waals surface area (Å²) in [6.07, 6.45) is 0.